The highest BCUT2D eigenvalue weighted by Crippen LogP contribution is 2.42. The van der Waals surface area contributed by atoms with Crippen LogP contribution in [0.4, 0.5) is 4.79 Å². The van der Waals surface area contributed by atoms with Gasteiger partial charge in [-0.1, -0.05) is 13.0 Å². The monoisotopic (exact) mass is 332 g/mol. The predicted octanol–water partition coefficient (Wildman–Crippen LogP) is 3.19. The van der Waals surface area contributed by atoms with Crippen molar-refractivity contribution in [1.82, 2.24) is 14.9 Å². The summed E-state index contributed by atoms with van der Waals surface area (Å²) in [6.45, 7) is 2.02. The molecule has 0 aliphatic heterocycles. The molecule has 2 N–H and O–H groups in total. The average molecular weight is 332 g/mol. The Labute approximate surface area is 144 Å². The Bertz CT molecular complexity index is 1020. The maximum atomic E-state index is 11.1. The molecular weight excluding hydrogens is 316 g/mol. The second-order valence-corrected chi connectivity index (χ2v) is 6.28. The summed E-state index contributed by atoms with van der Waals surface area (Å²) in [5.41, 5.74) is 3.73. The number of aromatic nitrogens is 2. The van der Waals surface area contributed by atoms with E-state index >= 15 is 0 Å². The number of nitrogens with one attached hydrogen (secondary N) is 1. The van der Waals surface area contributed by atoms with E-state index in [0.717, 1.165) is 28.0 Å². The van der Waals surface area contributed by atoms with E-state index in [4.69, 9.17) is 5.11 Å². The van der Waals surface area contributed by atoms with Crippen LogP contribution in [-0.4, -0.2) is 26.8 Å². The Morgan fingerprint density at radius 1 is 1.40 bits per heavy atom. The van der Waals surface area contributed by atoms with E-state index in [-0.39, 0.29) is 12.0 Å². The first-order chi connectivity index (χ1) is 12.1. The fourth-order valence-corrected chi connectivity index (χ4v) is 3.82. The van der Waals surface area contributed by atoms with Gasteiger partial charge in [-0.25, -0.2) is 9.78 Å². The van der Waals surface area contributed by atoms with E-state index in [1.165, 1.54) is 0 Å². The van der Waals surface area contributed by atoms with Gasteiger partial charge in [0, 0.05) is 35.7 Å². The molecule has 0 fully saturated rings. The molecule has 1 aliphatic carbocycles. The van der Waals surface area contributed by atoms with Crippen molar-refractivity contribution in [1.29, 1.82) is 5.26 Å². The SMILES string of the molecule is CC1c2c(n(-c3ccccn3)c3ccc(C#N)cc23)CC1NC(=O)O. The normalized spacial score (nSPS) is 18.7. The second-order valence-electron chi connectivity index (χ2n) is 6.28. The topological polar surface area (TPSA) is 90.9 Å². The molecule has 1 aliphatic rings. The maximum Gasteiger partial charge on any atom is 0.404 e. The van der Waals surface area contributed by atoms with Crippen LogP contribution in [0.2, 0.25) is 0 Å². The van der Waals surface area contributed by atoms with Crippen LogP contribution < -0.4 is 5.32 Å². The smallest absolute Gasteiger partial charge is 0.404 e. The van der Waals surface area contributed by atoms with Crippen LogP contribution in [0.3, 0.4) is 0 Å². The van der Waals surface area contributed by atoms with Gasteiger partial charge in [-0.05, 0) is 35.9 Å². The maximum absolute atomic E-state index is 11.1. The first-order valence-electron chi connectivity index (χ1n) is 8.08. The number of carboxylic acid groups (broad SMARTS) is 1. The predicted molar refractivity (Wildman–Crippen MR) is 92.9 cm³/mol. The standard InChI is InChI=1S/C19H16N4O2/c1-11-14(22-19(24)25)9-16-18(11)13-8-12(10-20)5-6-15(13)23(16)17-4-2-3-7-21-17/h2-8,11,14,22H,9H2,1H3,(H,24,25). The van der Waals surface area contributed by atoms with Crippen molar-refractivity contribution >= 4 is 17.0 Å². The molecule has 3 aromatic rings. The van der Waals surface area contributed by atoms with Gasteiger partial charge < -0.3 is 10.4 Å². The van der Waals surface area contributed by atoms with Gasteiger partial charge in [0.2, 0.25) is 0 Å². The van der Waals surface area contributed by atoms with E-state index < -0.39 is 6.09 Å². The Kier molecular flexibility index (Phi) is 3.43. The summed E-state index contributed by atoms with van der Waals surface area (Å²) >= 11 is 0. The number of fused-ring (bicyclic) bond motifs is 3. The van der Waals surface area contributed by atoms with Gasteiger partial charge in [0.25, 0.3) is 0 Å². The molecule has 1 amide bonds. The van der Waals surface area contributed by atoms with E-state index in [1.807, 2.05) is 37.3 Å². The van der Waals surface area contributed by atoms with Gasteiger partial charge in [-0.15, -0.1) is 0 Å². The lowest BCUT2D eigenvalue weighted by atomic mass is 9.98. The molecule has 0 radical (unpaired) electrons. The minimum Gasteiger partial charge on any atom is -0.465 e. The lowest BCUT2D eigenvalue weighted by Crippen LogP contribution is -2.36. The molecule has 1 aromatic carbocycles. The zero-order chi connectivity index (χ0) is 17.6. The van der Waals surface area contributed by atoms with Crippen LogP contribution in [0.15, 0.2) is 42.6 Å². The molecule has 0 bridgehead atoms. The highest BCUT2D eigenvalue weighted by molar-refractivity contribution is 5.90. The minimum atomic E-state index is -1.02. The summed E-state index contributed by atoms with van der Waals surface area (Å²) in [4.78, 5) is 15.6. The number of pyridine rings is 1. The van der Waals surface area contributed by atoms with Crippen LogP contribution in [0, 0.1) is 11.3 Å². The second kappa shape index (κ2) is 5.64. The Morgan fingerprint density at radius 2 is 2.24 bits per heavy atom. The molecule has 25 heavy (non-hydrogen) atoms. The van der Waals surface area contributed by atoms with Crippen molar-refractivity contribution < 1.29 is 9.90 Å². The lowest BCUT2D eigenvalue weighted by Gasteiger charge is -2.17. The molecule has 6 heteroatoms. The molecule has 2 atom stereocenters. The molecule has 6 nitrogen and oxygen atoms in total. The van der Waals surface area contributed by atoms with E-state index in [9.17, 15) is 10.1 Å². The summed E-state index contributed by atoms with van der Waals surface area (Å²) < 4.78 is 2.08. The van der Waals surface area contributed by atoms with E-state index in [0.29, 0.717) is 12.0 Å². The fraction of sp³-hybridized carbons (Fsp3) is 0.211. The molecule has 0 saturated carbocycles. The highest BCUT2D eigenvalue weighted by atomic mass is 16.4. The van der Waals surface area contributed by atoms with Crippen LogP contribution in [0.1, 0.15) is 29.7 Å². The number of nitriles is 1. The summed E-state index contributed by atoms with van der Waals surface area (Å²) in [5.74, 6) is 0.814. The van der Waals surface area contributed by atoms with Gasteiger partial charge >= 0.3 is 6.09 Å². The number of carbonyl (C=O) groups is 1. The van der Waals surface area contributed by atoms with Crippen molar-refractivity contribution in [3.63, 3.8) is 0 Å². The van der Waals surface area contributed by atoms with Gasteiger partial charge in [0.1, 0.15) is 5.82 Å². The van der Waals surface area contributed by atoms with Crippen molar-refractivity contribution in [2.45, 2.75) is 25.3 Å². The molecule has 2 aromatic heterocycles. The van der Waals surface area contributed by atoms with Crippen LogP contribution in [0.25, 0.3) is 16.7 Å². The molecular formula is C19H16N4O2. The largest absolute Gasteiger partial charge is 0.465 e. The van der Waals surface area contributed by atoms with Crippen LogP contribution in [0.5, 0.6) is 0 Å². The summed E-state index contributed by atoms with van der Waals surface area (Å²) in [7, 11) is 0. The molecule has 0 saturated heterocycles. The van der Waals surface area contributed by atoms with Gasteiger partial charge in [-0.2, -0.15) is 5.26 Å². The average Bonchev–Trinajstić information content (AvgIpc) is 3.09. The lowest BCUT2D eigenvalue weighted by molar-refractivity contribution is 0.189. The van der Waals surface area contributed by atoms with Crippen molar-refractivity contribution in [2.24, 2.45) is 0 Å². The van der Waals surface area contributed by atoms with Gasteiger partial charge in [-0.3, -0.25) is 4.57 Å². The zero-order valence-corrected chi connectivity index (χ0v) is 13.6. The molecule has 2 heterocycles. The molecule has 4 rings (SSSR count). The first-order valence-corrected chi connectivity index (χ1v) is 8.08. The van der Waals surface area contributed by atoms with Gasteiger partial charge in [0.05, 0.1) is 17.1 Å². The summed E-state index contributed by atoms with van der Waals surface area (Å²) in [6, 6.07) is 13.3. The minimum absolute atomic E-state index is 0.0208. The van der Waals surface area contributed by atoms with Gasteiger partial charge in [0.15, 0.2) is 0 Å². The number of hydrogen-bond donors (Lipinski definition) is 2. The third-order valence-electron chi connectivity index (χ3n) is 4.90. The van der Waals surface area contributed by atoms with E-state index in [1.54, 1.807) is 12.3 Å². The number of rotatable bonds is 2. The number of hydrogen-bond acceptors (Lipinski definition) is 3. The summed E-state index contributed by atoms with van der Waals surface area (Å²) in [6.07, 6.45) is 1.31. The Morgan fingerprint density at radius 3 is 2.92 bits per heavy atom. The number of benzene rings is 1. The zero-order valence-electron chi connectivity index (χ0n) is 13.6. The molecule has 124 valence electrons. The number of amides is 1. The molecule has 2 unspecified atom stereocenters. The fourth-order valence-electron chi connectivity index (χ4n) is 3.82. The van der Waals surface area contributed by atoms with Crippen LogP contribution >= 0.6 is 0 Å². The van der Waals surface area contributed by atoms with Crippen LogP contribution in [-0.2, 0) is 6.42 Å². The third-order valence-corrected chi connectivity index (χ3v) is 4.90. The van der Waals surface area contributed by atoms with Crippen molar-refractivity contribution in [3.8, 4) is 11.9 Å². The third kappa shape index (κ3) is 2.32. The van der Waals surface area contributed by atoms with E-state index in [2.05, 4.69) is 20.9 Å². The Balaban J connectivity index is 1.98. The quantitative estimate of drug-likeness (QED) is 0.754. The summed E-state index contributed by atoms with van der Waals surface area (Å²) in [5, 5.41) is 22.0. The molecule has 0 spiro atoms. The van der Waals surface area contributed by atoms with Crippen molar-refractivity contribution in [3.05, 3.63) is 59.4 Å². The first kappa shape index (κ1) is 15.2. The number of nitrogens with zero attached hydrogens (tertiary/aromatic N) is 3. The Hall–Kier alpha value is -3.33. The highest BCUT2D eigenvalue weighted by Gasteiger charge is 2.36. The van der Waals surface area contributed by atoms with Crippen molar-refractivity contribution in [2.75, 3.05) is 0 Å².